The van der Waals surface area contributed by atoms with Crippen LogP contribution < -0.4 is 10.5 Å². The summed E-state index contributed by atoms with van der Waals surface area (Å²) in [4.78, 5) is 0. The molecule has 0 bridgehead atoms. The van der Waals surface area contributed by atoms with Crippen molar-refractivity contribution in [2.24, 2.45) is 5.73 Å². The van der Waals surface area contributed by atoms with E-state index in [0.29, 0.717) is 42.9 Å². The SMILES string of the molecule is NCCCCc1c(F)cc(F)c2c1OCCC2. The molecule has 0 fully saturated rings. The van der Waals surface area contributed by atoms with Crippen molar-refractivity contribution < 1.29 is 13.5 Å². The van der Waals surface area contributed by atoms with Gasteiger partial charge in [0.25, 0.3) is 0 Å². The molecule has 2 nitrogen and oxygen atoms in total. The molecule has 4 heteroatoms. The second kappa shape index (κ2) is 5.45. The number of nitrogens with two attached hydrogens (primary N) is 1. The summed E-state index contributed by atoms with van der Waals surface area (Å²) in [5.41, 5.74) is 6.44. The van der Waals surface area contributed by atoms with Crippen LogP contribution in [0.2, 0.25) is 0 Å². The van der Waals surface area contributed by atoms with E-state index in [1.165, 1.54) is 0 Å². The lowest BCUT2D eigenvalue weighted by molar-refractivity contribution is 0.277. The van der Waals surface area contributed by atoms with E-state index < -0.39 is 11.6 Å². The molecule has 0 aromatic heterocycles. The van der Waals surface area contributed by atoms with Crippen LogP contribution in [-0.4, -0.2) is 13.2 Å². The molecule has 0 spiro atoms. The zero-order valence-electron chi connectivity index (χ0n) is 9.77. The summed E-state index contributed by atoms with van der Waals surface area (Å²) in [5.74, 6) is -0.550. The molecule has 17 heavy (non-hydrogen) atoms. The predicted octanol–water partition coefficient (Wildman–Crippen LogP) is 2.57. The molecule has 0 saturated carbocycles. The van der Waals surface area contributed by atoms with Gasteiger partial charge in [0.1, 0.15) is 17.4 Å². The second-order valence-electron chi connectivity index (χ2n) is 4.32. The fraction of sp³-hybridized carbons (Fsp3) is 0.538. The van der Waals surface area contributed by atoms with Gasteiger partial charge in [-0.05, 0) is 38.6 Å². The maximum absolute atomic E-state index is 13.7. The molecule has 1 aliphatic heterocycles. The van der Waals surface area contributed by atoms with Gasteiger partial charge in [0.2, 0.25) is 0 Å². The van der Waals surface area contributed by atoms with Gasteiger partial charge in [-0.2, -0.15) is 0 Å². The number of benzene rings is 1. The van der Waals surface area contributed by atoms with Gasteiger partial charge in [0.05, 0.1) is 6.61 Å². The first kappa shape index (κ1) is 12.3. The fourth-order valence-corrected chi connectivity index (χ4v) is 2.19. The maximum atomic E-state index is 13.7. The van der Waals surface area contributed by atoms with Crippen molar-refractivity contribution >= 4 is 0 Å². The summed E-state index contributed by atoms with van der Waals surface area (Å²) in [6.07, 6.45) is 3.62. The van der Waals surface area contributed by atoms with Crippen LogP contribution in [0.3, 0.4) is 0 Å². The molecule has 0 amide bonds. The van der Waals surface area contributed by atoms with Gasteiger partial charge in [0.15, 0.2) is 0 Å². The van der Waals surface area contributed by atoms with Crippen molar-refractivity contribution in [3.63, 3.8) is 0 Å². The lowest BCUT2D eigenvalue weighted by Gasteiger charge is -2.21. The summed E-state index contributed by atoms with van der Waals surface area (Å²) >= 11 is 0. The third-order valence-corrected chi connectivity index (χ3v) is 3.08. The summed E-state index contributed by atoms with van der Waals surface area (Å²) < 4.78 is 32.7. The fourth-order valence-electron chi connectivity index (χ4n) is 2.19. The van der Waals surface area contributed by atoms with Crippen molar-refractivity contribution in [2.75, 3.05) is 13.2 Å². The standard InChI is InChI=1S/C13H17F2NO/c14-11-8-12(15)10-5-3-7-17-13(10)9(11)4-1-2-6-16/h8H,1-7,16H2. The van der Waals surface area contributed by atoms with Gasteiger partial charge in [0, 0.05) is 17.2 Å². The average molecular weight is 241 g/mol. The minimum absolute atomic E-state index is 0.436. The van der Waals surface area contributed by atoms with Crippen LogP contribution in [0.15, 0.2) is 6.07 Å². The molecule has 0 radical (unpaired) electrons. The Kier molecular flexibility index (Phi) is 3.94. The van der Waals surface area contributed by atoms with E-state index in [9.17, 15) is 8.78 Å². The molecule has 2 rings (SSSR count). The molecule has 94 valence electrons. The number of fused-ring (bicyclic) bond motifs is 1. The number of halogens is 2. The largest absolute Gasteiger partial charge is 0.493 e. The number of rotatable bonds is 4. The smallest absolute Gasteiger partial charge is 0.133 e. The Hall–Kier alpha value is -1.16. The third-order valence-electron chi connectivity index (χ3n) is 3.08. The first-order valence-electron chi connectivity index (χ1n) is 6.06. The summed E-state index contributed by atoms with van der Waals surface area (Å²) in [6, 6.07) is 0.977. The first-order chi connectivity index (χ1) is 8.24. The van der Waals surface area contributed by atoms with Gasteiger partial charge in [-0.15, -0.1) is 0 Å². The second-order valence-corrected chi connectivity index (χ2v) is 4.32. The molecule has 0 atom stereocenters. The lowest BCUT2D eigenvalue weighted by atomic mass is 9.98. The van der Waals surface area contributed by atoms with Crippen LogP contribution in [-0.2, 0) is 12.8 Å². The molecule has 0 aliphatic carbocycles. The number of ether oxygens (including phenoxy) is 1. The highest BCUT2D eigenvalue weighted by molar-refractivity contribution is 5.44. The molecule has 0 saturated heterocycles. The summed E-state index contributed by atoms with van der Waals surface area (Å²) in [5, 5.41) is 0. The number of hydrogen-bond acceptors (Lipinski definition) is 2. The van der Waals surface area contributed by atoms with Crippen molar-refractivity contribution in [3.8, 4) is 5.75 Å². The Balaban J connectivity index is 2.29. The topological polar surface area (TPSA) is 35.2 Å². The van der Waals surface area contributed by atoms with Crippen molar-refractivity contribution in [1.29, 1.82) is 0 Å². The van der Waals surface area contributed by atoms with Gasteiger partial charge in [-0.25, -0.2) is 8.78 Å². The lowest BCUT2D eigenvalue weighted by Crippen LogP contribution is -2.14. The molecule has 1 aliphatic rings. The number of hydrogen-bond donors (Lipinski definition) is 1. The van der Waals surface area contributed by atoms with Crippen LogP contribution >= 0.6 is 0 Å². The highest BCUT2D eigenvalue weighted by atomic mass is 19.1. The normalized spacial score (nSPS) is 14.3. The molecule has 0 unspecified atom stereocenters. The Bertz CT molecular complexity index is 407. The Labute approximate surface area is 99.8 Å². The minimum Gasteiger partial charge on any atom is -0.493 e. The van der Waals surface area contributed by atoms with E-state index in [4.69, 9.17) is 10.5 Å². The quantitative estimate of drug-likeness (QED) is 0.822. The van der Waals surface area contributed by atoms with Crippen LogP contribution in [0.1, 0.15) is 30.4 Å². The third kappa shape index (κ3) is 2.57. The van der Waals surface area contributed by atoms with Crippen LogP contribution in [0.5, 0.6) is 5.75 Å². The van der Waals surface area contributed by atoms with Crippen molar-refractivity contribution in [1.82, 2.24) is 0 Å². The van der Waals surface area contributed by atoms with Gasteiger partial charge < -0.3 is 10.5 Å². The predicted molar refractivity (Wildman–Crippen MR) is 62.2 cm³/mol. The highest BCUT2D eigenvalue weighted by Gasteiger charge is 2.22. The van der Waals surface area contributed by atoms with E-state index >= 15 is 0 Å². The van der Waals surface area contributed by atoms with Crippen molar-refractivity contribution in [3.05, 3.63) is 28.8 Å². The number of unbranched alkanes of at least 4 members (excludes halogenated alkanes) is 1. The Morgan fingerprint density at radius 2 is 2.06 bits per heavy atom. The monoisotopic (exact) mass is 241 g/mol. The molecule has 1 aromatic rings. The molecular formula is C13H17F2NO. The van der Waals surface area contributed by atoms with E-state index in [0.717, 1.165) is 25.3 Å². The van der Waals surface area contributed by atoms with E-state index in [2.05, 4.69) is 0 Å². The zero-order valence-corrected chi connectivity index (χ0v) is 9.77. The average Bonchev–Trinajstić information content (AvgIpc) is 2.33. The van der Waals surface area contributed by atoms with E-state index in [1.54, 1.807) is 0 Å². The molecule has 2 N–H and O–H groups in total. The van der Waals surface area contributed by atoms with Crippen LogP contribution in [0, 0.1) is 11.6 Å². The zero-order chi connectivity index (χ0) is 12.3. The van der Waals surface area contributed by atoms with Crippen LogP contribution in [0.4, 0.5) is 8.78 Å². The Morgan fingerprint density at radius 1 is 1.24 bits per heavy atom. The maximum Gasteiger partial charge on any atom is 0.133 e. The highest BCUT2D eigenvalue weighted by Crippen LogP contribution is 2.34. The van der Waals surface area contributed by atoms with Crippen LogP contribution in [0.25, 0.3) is 0 Å². The van der Waals surface area contributed by atoms with Crippen molar-refractivity contribution in [2.45, 2.75) is 32.1 Å². The van der Waals surface area contributed by atoms with Gasteiger partial charge in [-0.1, -0.05) is 0 Å². The van der Waals surface area contributed by atoms with E-state index in [1.807, 2.05) is 0 Å². The van der Waals surface area contributed by atoms with Gasteiger partial charge in [-0.3, -0.25) is 0 Å². The Morgan fingerprint density at radius 3 is 2.82 bits per heavy atom. The summed E-state index contributed by atoms with van der Waals surface area (Å²) in [6.45, 7) is 1.13. The van der Waals surface area contributed by atoms with Gasteiger partial charge >= 0.3 is 0 Å². The minimum atomic E-state index is -0.500. The molecular weight excluding hydrogens is 224 g/mol. The first-order valence-corrected chi connectivity index (χ1v) is 6.06. The molecule has 1 aromatic carbocycles. The van der Waals surface area contributed by atoms with E-state index in [-0.39, 0.29) is 0 Å². The molecule has 1 heterocycles. The summed E-state index contributed by atoms with van der Waals surface area (Å²) in [7, 11) is 0.